The van der Waals surface area contributed by atoms with Crippen LogP contribution >= 0.6 is 34.7 Å². The van der Waals surface area contributed by atoms with E-state index in [1.54, 1.807) is 12.1 Å². The number of carbonyl (C=O) groups is 1. The Kier molecular flexibility index (Phi) is 4.05. The third kappa shape index (κ3) is 3.03. The van der Waals surface area contributed by atoms with Crippen molar-refractivity contribution in [2.45, 2.75) is 5.03 Å². The summed E-state index contributed by atoms with van der Waals surface area (Å²) in [5.41, 5.74) is 0.948. The number of halogens is 1. The number of ketones is 1. The molecule has 0 bridgehead atoms. The molecule has 0 radical (unpaired) electrons. The van der Waals surface area contributed by atoms with E-state index in [1.807, 2.05) is 36.4 Å². The number of benzene rings is 1. The molecule has 20 heavy (non-hydrogen) atoms. The third-order valence-corrected chi connectivity index (χ3v) is 4.97. The van der Waals surface area contributed by atoms with E-state index in [1.165, 1.54) is 23.1 Å². The van der Waals surface area contributed by atoms with Gasteiger partial charge in [0.05, 0.1) is 25.5 Å². The van der Waals surface area contributed by atoms with Crippen LogP contribution in [0.5, 0.6) is 0 Å². The summed E-state index contributed by atoms with van der Waals surface area (Å²) in [5.74, 6) is 0.462. The van der Waals surface area contributed by atoms with E-state index >= 15 is 0 Å². The molecule has 0 amide bonds. The van der Waals surface area contributed by atoms with Gasteiger partial charge in [0.1, 0.15) is 0 Å². The molecule has 0 fully saturated rings. The van der Waals surface area contributed by atoms with Crippen LogP contribution in [0.4, 0.5) is 0 Å². The summed E-state index contributed by atoms with van der Waals surface area (Å²) in [5, 5.41) is 1.97. The van der Waals surface area contributed by atoms with Crippen LogP contribution in [0.3, 0.4) is 0 Å². The predicted octanol–water partition coefficient (Wildman–Crippen LogP) is 4.92. The number of hydrogen-bond acceptors (Lipinski definition) is 4. The Morgan fingerprint density at radius 2 is 2.00 bits per heavy atom. The van der Waals surface area contributed by atoms with Crippen molar-refractivity contribution in [1.29, 1.82) is 0 Å². The number of carbonyl (C=O) groups excluding carboxylic acids is 1. The average molecular weight is 320 g/mol. The lowest BCUT2D eigenvalue weighted by Crippen LogP contribution is -1.99. The van der Waals surface area contributed by atoms with Crippen LogP contribution in [0.1, 0.15) is 9.67 Å². The second-order valence-electron chi connectivity index (χ2n) is 4.16. The molecule has 1 aromatic carbocycles. The number of pyridine rings is 1. The van der Waals surface area contributed by atoms with Crippen molar-refractivity contribution >= 4 is 51.4 Å². The van der Waals surface area contributed by atoms with Gasteiger partial charge in [-0.2, -0.15) is 0 Å². The molecular formula is C15H10ClNOS2. The van der Waals surface area contributed by atoms with Gasteiger partial charge >= 0.3 is 0 Å². The number of fused-ring (bicyclic) bond motifs is 1. The Balaban J connectivity index is 1.72. The van der Waals surface area contributed by atoms with Gasteiger partial charge in [0.15, 0.2) is 5.78 Å². The smallest absolute Gasteiger partial charge is 0.183 e. The summed E-state index contributed by atoms with van der Waals surface area (Å²) >= 11 is 8.60. The zero-order valence-electron chi connectivity index (χ0n) is 10.4. The molecular weight excluding hydrogens is 310 g/mol. The minimum atomic E-state index is 0.0851. The van der Waals surface area contributed by atoms with Gasteiger partial charge in [-0.1, -0.05) is 47.6 Å². The first-order valence-electron chi connectivity index (χ1n) is 5.99. The van der Waals surface area contributed by atoms with Crippen LogP contribution in [0.15, 0.2) is 53.6 Å². The van der Waals surface area contributed by atoms with Gasteiger partial charge in [-0.15, -0.1) is 11.3 Å². The number of aromatic nitrogens is 1. The Morgan fingerprint density at radius 1 is 1.15 bits per heavy atom. The summed E-state index contributed by atoms with van der Waals surface area (Å²) in [6.45, 7) is 0. The molecule has 0 N–H and O–H groups in total. The quantitative estimate of drug-likeness (QED) is 0.505. The normalized spacial score (nSPS) is 10.8. The van der Waals surface area contributed by atoms with Crippen molar-refractivity contribution in [1.82, 2.24) is 4.98 Å². The molecule has 0 saturated carbocycles. The topological polar surface area (TPSA) is 30.0 Å². The van der Waals surface area contributed by atoms with E-state index in [9.17, 15) is 4.79 Å². The molecule has 2 aromatic heterocycles. The minimum absolute atomic E-state index is 0.0851. The lowest BCUT2D eigenvalue weighted by Gasteiger charge is -2.02. The predicted molar refractivity (Wildman–Crippen MR) is 86.1 cm³/mol. The maximum absolute atomic E-state index is 12.0. The highest BCUT2D eigenvalue weighted by Gasteiger charge is 2.10. The van der Waals surface area contributed by atoms with Crippen molar-refractivity contribution in [3.05, 3.63) is 57.7 Å². The largest absolute Gasteiger partial charge is 0.292 e. The molecule has 3 rings (SSSR count). The molecule has 0 aliphatic carbocycles. The molecule has 100 valence electrons. The van der Waals surface area contributed by atoms with E-state index in [-0.39, 0.29) is 5.78 Å². The number of nitrogens with zero attached hydrogens (tertiary/aromatic N) is 1. The Labute approximate surface area is 129 Å². The van der Waals surface area contributed by atoms with Gasteiger partial charge in [0.25, 0.3) is 0 Å². The zero-order chi connectivity index (χ0) is 13.9. The van der Waals surface area contributed by atoms with Crippen molar-refractivity contribution < 1.29 is 4.79 Å². The number of thioether (sulfide) groups is 1. The van der Waals surface area contributed by atoms with Gasteiger partial charge in [-0.3, -0.25) is 4.79 Å². The van der Waals surface area contributed by atoms with E-state index < -0.39 is 0 Å². The van der Waals surface area contributed by atoms with Crippen molar-refractivity contribution in [3.8, 4) is 0 Å². The van der Waals surface area contributed by atoms with E-state index in [2.05, 4.69) is 4.98 Å². The first kappa shape index (κ1) is 13.6. The lowest BCUT2D eigenvalue weighted by atomic mass is 10.2. The number of thiophene rings is 1. The molecule has 2 nitrogen and oxygen atoms in total. The van der Waals surface area contributed by atoms with Gasteiger partial charge in [-0.05, 0) is 24.3 Å². The van der Waals surface area contributed by atoms with Crippen LogP contribution in [-0.2, 0) is 0 Å². The van der Waals surface area contributed by atoms with Gasteiger partial charge in [0.2, 0.25) is 0 Å². The van der Waals surface area contributed by atoms with Gasteiger partial charge < -0.3 is 0 Å². The van der Waals surface area contributed by atoms with E-state index in [0.29, 0.717) is 15.0 Å². The van der Waals surface area contributed by atoms with Crippen LogP contribution in [0, 0.1) is 0 Å². The highest BCUT2D eigenvalue weighted by molar-refractivity contribution is 8.00. The second kappa shape index (κ2) is 5.95. The molecule has 3 aromatic rings. The maximum atomic E-state index is 12.0. The average Bonchev–Trinajstić information content (AvgIpc) is 2.91. The van der Waals surface area contributed by atoms with Crippen molar-refractivity contribution in [2.24, 2.45) is 0 Å². The number of para-hydroxylation sites is 1. The molecule has 0 atom stereocenters. The molecule has 0 spiro atoms. The maximum Gasteiger partial charge on any atom is 0.183 e. The lowest BCUT2D eigenvalue weighted by molar-refractivity contribution is 0.102. The van der Waals surface area contributed by atoms with Gasteiger partial charge in [0, 0.05) is 5.39 Å². The molecule has 0 saturated heterocycles. The minimum Gasteiger partial charge on any atom is -0.292 e. The fourth-order valence-corrected chi connectivity index (χ4v) is 3.64. The van der Waals surface area contributed by atoms with E-state index in [4.69, 9.17) is 11.6 Å². The standard InChI is InChI=1S/C15H10ClNOS2/c16-14-7-6-13(20-14)12(18)9-19-15-8-5-10-3-1-2-4-11(10)17-15/h1-8H,9H2. The summed E-state index contributed by atoms with van der Waals surface area (Å²) in [7, 11) is 0. The monoisotopic (exact) mass is 319 g/mol. The summed E-state index contributed by atoms with van der Waals surface area (Å²) in [6, 6.07) is 15.4. The first-order chi connectivity index (χ1) is 9.72. The second-order valence-corrected chi connectivity index (χ2v) is 6.87. The number of hydrogen-bond donors (Lipinski definition) is 0. The highest BCUT2D eigenvalue weighted by atomic mass is 35.5. The van der Waals surface area contributed by atoms with Crippen molar-refractivity contribution in [3.63, 3.8) is 0 Å². The fourth-order valence-electron chi connectivity index (χ4n) is 1.80. The SMILES string of the molecule is O=C(CSc1ccc2ccccc2n1)c1ccc(Cl)s1. The highest BCUT2D eigenvalue weighted by Crippen LogP contribution is 2.25. The third-order valence-electron chi connectivity index (χ3n) is 2.77. The van der Waals surface area contributed by atoms with Crippen LogP contribution in [0.25, 0.3) is 10.9 Å². The van der Waals surface area contributed by atoms with Gasteiger partial charge in [-0.25, -0.2) is 4.98 Å². The Bertz CT molecular complexity index is 769. The Morgan fingerprint density at radius 3 is 2.80 bits per heavy atom. The summed E-state index contributed by atoms with van der Waals surface area (Å²) in [4.78, 5) is 17.2. The zero-order valence-corrected chi connectivity index (χ0v) is 12.8. The fraction of sp³-hybridized carbons (Fsp3) is 0.0667. The van der Waals surface area contributed by atoms with Crippen LogP contribution in [-0.4, -0.2) is 16.5 Å². The van der Waals surface area contributed by atoms with Crippen LogP contribution in [0.2, 0.25) is 4.34 Å². The summed E-state index contributed by atoms with van der Waals surface area (Å²) in [6.07, 6.45) is 0. The van der Waals surface area contributed by atoms with Crippen LogP contribution < -0.4 is 0 Å². The number of rotatable bonds is 4. The molecule has 2 heterocycles. The van der Waals surface area contributed by atoms with Crippen molar-refractivity contribution in [2.75, 3.05) is 5.75 Å². The van der Waals surface area contributed by atoms with E-state index in [0.717, 1.165) is 15.9 Å². The molecule has 0 aliphatic rings. The molecule has 0 aliphatic heterocycles. The number of Topliss-reactive ketones (excluding diaryl/α,β-unsaturated/α-hetero) is 1. The summed E-state index contributed by atoms with van der Waals surface area (Å²) < 4.78 is 0.641. The first-order valence-corrected chi connectivity index (χ1v) is 8.17. The Hall–Kier alpha value is -1.36. The molecule has 5 heteroatoms. The molecule has 0 unspecified atom stereocenters.